The number of carbonyl (C=O) groups is 2. The van der Waals surface area contributed by atoms with Crippen molar-refractivity contribution in [2.24, 2.45) is 0 Å². The maximum absolute atomic E-state index is 13.5. The molecule has 0 radical (unpaired) electrons. The summed E-state index contributed by atoms with van der Waals surface area (Å²) in [6.45, 7) is 4.83. The van der Waals surface area contributed by atoms with Gasteiger partial charge in [-0.2, -0.15) is 0 Å². The molecule has 1 unspecified atom stereocenters. The summed E-state index contributed by atoms with van der Waals surface area (Å²) in [5.74, 6) is -0.411. The zero-order valence-corrected chi connectivity index (χ0v) is 23.0. The molecule has 8 nitrogen and oxygen atoms in total. The Morgan fingerprint density at radius 1 is 0.949 bits per heavy atom. The highest BCUT2D eigenvalue weighted by molar-refractivity contribution is 7.22. The number of benzene rings is 3. The lowest BCUT2D eigenvalue weighted by Gasteiger charge is -2.23. The van der Waals surface area contributed by atoms with E-state index in [1.807, 2.05) is 75.3 Å². The minimum atomic E-state index is -0.861. The number of aromatic nitrogens is 1. The van der Waals surface area contributed by atoms with E-state index in [0.29, 0.717) is 46.5 Å². The second-order valence-corrected chi connectivity index (χ2v) is 10.2. The fourth-order valence-electron chi connectivity index (χ4n) is 4.58. The van der Waals surface area contributed by atoms with Crippen LogP contribution in [-0.4, -0.2) is 49.1 Å². The van der Waals surface area contributed by atoms with Crippen molar-refractivity contribution in [1.29, 1.82) is 0 Å². The molecule has 1 aliphatic rings. The van der Waals surface area contributed by atoms with Crippen molar-refractivity contribution in [3.05, 3.63) is 83.4 Å². The van der Waals surface area contributed by atoms with Crippen molar-refractivity contribution in [2.45, 2.75) is 19.9 Å². The van der Waals surface area contributed by atoms with E-state index in [0.717, 1.165) is 10.4 Å². The molecule has 4 aromatic rings. The Hall–Kier alpha value is -4.37. The van der Waals surface area contributed by atoms with Crippen LogP contribution >= 0.6 is 11.3 Å². The number of amides is 1. The van der Waals surface area contributed by atoms with E-state index >= 15 is 0 Å². The Bertz CT molecular complexity index is 1560. The van der Waals surface area contributed by atoms with Gasteiger partial charge in [-0.25, -0.2) is 4.98 Å². The topological polar surface area (TPSA) is 92.2 Å². The largest absolute Gasteiger partial charge is 0.507 e. The van der Waals surface area contributed by atoms with E-state index in [-0.39, 0.29) is 11.3 Å². The molecule has 0 aliphatic carbocycles. The highest BCUT2D eigenvalue weighted by Crippen LogP contribution is 2.45. The number of thiazole rings is 1. The molecule has 5 rings (SSSR count). The molecule has 1 atom stereocenters. The SMILES string of the molecule is CCOc1ccc(C(O)=C2C(=O)C(=O)N(c3nc4ccc(OCC)cc4s3)C2c2ccc(N(C)C)cc2)cc1. The van der Waals surface area contributed by atoms with Gasteiger partial charge in [0.25, 0.3) is 5.78 Å². The van der Waals surface area contributed by atoms with Gasteiger partial charge >= 0.3 is 5.91 Å². The van der Waals surface area contributed by atoms with Crippen LogP contribution in [-0.2, 0) is 9.59 Å². The van der Waals surface area contributed by atoms with Crippen LogP contribution in [0.2, 0.25) is 0 Å². The molecule has 1 aliphatic heterocycles. The normalized spacial score (nSPS) is 16.6. The minimum Gasteiger partial charge on any atom is -0.507 e. The van der Waals surface area contributed by atoms with Crippen molar-refractivity contribution in [1.82, 2.24) is 4.98 Å². The Kier molecular flexibility index (Phi) is 7.26. The first kappa shape index (κ1) is 26.2. The molecule has 2 heterocycles. The molecular formula is C30H29N3O5S. The second kappa shape index (κ2) is 10.8. The van der Waals surface area contributed by atoms with Gasteiger partial charge < -0.3 is 19.5 Å². The number of carbonyl (C=O) groups excluding carboxylic acids is 2. The molecular weight excluding hydrogens is 514 g/mol. The van der Waals surface area contributed by atoms with Crippen molar-refractivity contribution < 1.29 is 24.2 Å². The number of rotatable bonds is 8. The number of nitrogens with zero attached hydrogens (tertiary/aromatic N) is 3. The van der Waals surface area contributed by atoms with Crippen molar-refractivity contribution in [3.8, 4) is 11.5 Å². The Morgan fingerprint density at radius 2 is 1.59 bits per heavy atom. The first-order chi connectivity index (χ1) is 18.8. The number of fused-ring (bicyclic) bond motifs is 1. The van der Waals surface area contributed by atoms with Gasteiger partial charge in [-0.15, -0.1) is 0 Å². The zero-order valence-electron chi connectivity index (χ0n) is 22.2. The number of anilines is 2. The third kappa shape index (κ3) is 4.93. The van der Waals surface area contributed by atoms with Crippen molar-refractivity contribution >= 4 is 49.8 Å². The van der Waals surface area contributed by atoms with Crippen LogP contribution in [0.4, 0.5) is 10.8 Å². The Balaban J connectivity index is 1.65. The number of Topliss-reactive ketones (excluding diaryl/α,β-unsaturated/α-hetero) is 1. The molecule has 9 heteroatoms. The first-order valence-electron chi connectivity index (χ1n) is 12.7. The highest BCUT2D eigenvalue weighted by Gasteiger charge is 2.48. The van der Waals surface area contributed by atoms with Gasteiger partial charge in [0.1, 0.15) is 17.3 Å². The van der Waals surface area contributed by atoms with Crippen molar-refractivity contribution in [3.63, 3.8) is 0 Å². The average molecular weight is 544 g/mol. The molecule has 39 heavy (non-hydrogen) atoms. The standard InChI is InChI=1S/C30H29N3O5S/c1-5-37-21-13-9-19(10-14-21)27(34)25-26(18-7-11-20(12-8-18)32(3)4)33(29(36)28(25)35)30-31-23-16-15-22(38-6-2)17-24(23)39-30/h7-17,26,34H,5-6H2,1-4H3. The summed E-state index contributed by atoms with van der Waals surface area (Å²) >= 11 is 1.30. The molecule has 3 aromatic carbocycles. The summed E-state index contributed by atoms with van der Waals surface area (Å²) in [5, 5.41) is 11.8. The lowest BCUT2D eigenvalue weighted by molar-refractivity contribution is -0.132. The average Bonchev–Trinajstić information content (AvgIpc) is 3.47. The summed E-state index contributed by atoms with van der Waals surface area (Å²) in [6.07, 6.45) is 0. The summed E-state index contributed by atoms with van der Waals surface area (Å²) in [7, 11) is 3.87. The zero-order chi connectivity index (χ0) is 27.7. The first-order valence-corrected chi connectivity index (χ1v) is 13.5. The van der Waals surface area contributed by atoms with Crippen LogP contribution < -0.4 is 19.3 Å². The summed E-state index contributed by atoms with van der Waals surface area (Å²) < 4.78 is 12.0. The van der Waals surface area contributed by atoms with E-state index in [9.17, 15) is 14.7 Å². The van der Waals surface area contributed by atoms with Gasteiger partial charge in [-0.1, -0.05) is 23.5 Å². The molecule has 1 aromatic heterocycles. The fourth-order valence-corrected chi connectivity index (χ4v) is 5.60. The molecule has 0 saturated carbocycles. The van der Waals surface area contributed by atoms with Gasteiger partial charge in [0.05, 0.1) is 35.0 Å². The molecule has 1 saturated heterocycles. The Morgan fingerprint density at radius 3 is 2.23 bits per heavy atom. The quantitative estimate of drug-likeness (QED) is 0.171. The predicted molar refractivity (Wildman–Crippen MR) is 154 cm³/mol. The van der Waals surface area contributed by atoms with E-state index < -0.39 is 17.7 Å². The number of aliphatic hydroxyl groups excluding tert-OH is 1. The van der Waals surface area contributed by atoms with Crippen LogP contribution in [0.5, 0.6) is 11.5 Å². The maximum Gasteiger partial charge on any atom is 0.301 e. The lowest BCUT2D eigenvalue weighted by atomic mass is 9.95. The van der Waals surface area contributed by atoms with Crippen LogP contribution in [0.3, 0.4) is 0 Å². The molecule has 1 fully saturated rings. The number of ether oxygens (including phenoxy) is 2. The van der Waals surface area contributed by atoms with Crippen molar-refractivity contribution in [2.75, 3.05) is 37.1 Å². The number of ketones is 1. The van der Waals surface area contributed by atoms with E-state index in [4.69, 9.17) is 9.47 Å². The molecule has 0 spiro atoms. The third-order valence-corrected chi connectivity index (χ3v) is 7.49. The van der Waals surface area contributed by atoms with E-state index in [2.05, 4.69) is 4.98 Å². The van der Waals surface area contributed by atoms with Crippen LogP contribution in [0.15, 0.2) is 72.3 Å². The summed E-state index contributed by atoms with van der Waals surface area (Å²) in [6, 6.07) is 19.0. The molecule has 200 valence electrons. The lowest BCUT2D eigenvalue weighted by Crippen LogP contribution is -2.29. The predicted octanol–water partition coefficient (Wildman–Crippen LogP) is 5.79. The smallest absolute Gasteiger partial charge is 0.301 e. The van der Waals surface area contributed by atoms with Gasteiger partial charge in [-0.05, 0) is 74.0 Å². The van der Waals surface area contributed by atoms with Crippen LogP contribution in [0.25, 0.3) is 16.0 Å². The molecule has 1 amide bonds. The number of hydrogen-bond donors (Lipinski definition) is 1. The summed E-state index contributed by atoms with van der Waals surface area (Å²) in [4.78, 5) is 35.1. The maximum atomic E-state index is 13.5. The van der Waals surface area contributed by atoms with E-state index in [1.54, 1.807) is 24.3 Å². The van der Waals surface area contributed by atoms with Gasteiger partial charge in [0.15, 0.2) is 5.13 Å². The van der Waals surface area contributed by atoms with Crippen LogP contribution in [0.1, 0.15) is 31.0 Å². The highest BCUT2D eigenvalue weighted by atomic mass is 32.1. The molecule has 0 bridgehead atoms. The summed E-state index contributed by atoms with van der Waals surface area (Å²) in [5.41, 5.74) is 2.76. The number of aliphatic hydroxyl groups is 1. The minimum absolute atomic E-state index is 0.0102. The van der Waals surface area contributed by atoms with E-state index in [1.165, 1.54) is 16.2 Å². The Labute approximate surface area is 230 Å². The fraction of sp³-hybridized carbons (Fsp3) is 0.233. The van der Waals surface area contributed by atoms with Gasteiger partial charge in [-0.3, -0.25) is 14.5 Å². The van der Waals surface area contributed by atoms with Crippen LogP contribution in [0, 0.1) is 0 Å². The third-order valence-electron chi connectivity index (χ3n) is 6.47. The van der Waals surface area contributed by atoms with Gasteiger partial charge in [0.2, 0.25) is 0 Å². The number of hydrogen-bond acceptors (Lipinski definition) is 8. The second-order valence-electron chi connectivity index (χ2n) is 9.17. The van der Waals surface area contributed by atoms with Gasteiger partial charge in [0, 0.05) is 25.3 Å². The monoisotopic (exact) mass is 543 g/mol. The molecule has 1 N–H and O–H groups in total.